The summed E-state index contributed by atoms with van der Waals surface area (Å²) < 4.78 is 12.2. The molecule has 0 fully saturated rings. The molecule has 0 saturated heterocycles. The van der Waals surface area contributed by atoms with Gasteiger partial charge in [0, 0.05) is 60.1 Å². The van der Waals surface area contributed by atoms with Crippen LogP contribution in [0.15, 0.2) is 71.8 Å². The highest BCUT2D eigenvalue weighted by Gasteiger charge is 2.36. The zero-order valence-corrected chi connectivity index (χ0v) is 39.8. The van der Waals surface area contributed by atoms with Crippen molar-refractivity contribution < 1.29 is 33.4 Å². The minimum atomic E-state index is -1.40. The highest BCUT2D eigenvalue weighted by Crippen LogP contribution is 2.40. The van der Waals surface area contributed by atoms with Gasteiger partial charge >= 0.3 is 0 Å². The molecule has 1 aliphatic rings. The summed E-state index contributed by atoms with van der Waals surface area (Å²) in [6.45, 7) is 5.65. The zero-order chi connectivity index (χ0) is 48.5. The van der Waals surface area contributed by atoms with Crippen molar-refractivity contribution >= 4 is 51.1 Å². The van der Waals surface area contributed by atoms with Gasteiger partial charge in [-0.1, -0.05) is 59.2 Å². The Morgan fingerprint density at radius 3 is 2.28 bits per heavy atom. The lowest BCUT2D eigenvalue weighted by atomic mass is 9.93. The summed E-state index contributed by atoms with van der Waals surface area (Å²) in [4.78, 5) is 81.6. The van der Waals surface area contributed by atoms with Crippen LogP contribution in [-0.4, -0.2) is 115 Å². The number of carbonyl (C=O) groups is 5. The first-order valence-electron chi connectivity index (χ1n) is 22.0. The van der Waals surface area contributed by atoms with E-state index in [9.17, 15) is 24.0 Å². The number of nitrogens with zero attached hydrogens (tertiary/aromatic N) is 4. The number of amides is 5. The van der Waals surface area contributed by atoms with E-state index in [-0.39, 0.29) is 57.8 Å². The van der Waals surface area contributed by atoms with Crippen molar-refractivity contribution in [3.05, 3.63) is 89.2 Å². The minimum absolute atomic E-state index is 0.000756. The van der Waals surface area contributed by atoms with Crippen molar-refractivity contribution in [2.45, 2.75) is 75.5 Å². The van der Waals surface area contributed by atoms with Crippen molar-refractivity contribution in [1.82, 2.24) is 36.1 Å². The molecule has 0 unspecified atom stereocenters. The number of unbranched alkanes of at least 4 members (excludes halogenated alkanes) is 1. The lowest BCUT2D eigenvalue weighted by molar-refractivity contribution is -0.141. The summed E-state index contributed by atoms with van der Waals surface area (Å²) in [6, 6.07) is 14.9. The maximum Gasteiger partial charge on any atom is 0.255 e. The van der Waals surface area contributed by atoms with E-state index < -0.39 is 53.7 Å². The number of rotatable bonds is 20. The van der Waals surface area contributed by atoms with Crippen LogP contribution in [0.25, 0.3) is 22.5 Å². The van der Waals surface area contributed by atoms with Gasteiger partial charge in [-0.05, 0) is 80.8 Å². The van der Waals surface area contributed by atoms with Gasteiger partial charge in [-0.25, -0.2) is 9.97 Å². The Morgan fingerprint density at radius 2 is 1.64 bits per heavy atom. The first kappa shape index (κ1) is 51.7. The average Bonchev–Trinajstić information content (AvgIpc) is 3.32. The number of fused-ring (bicyclic) bond motifs is 5. The topological polar surface area (TPSA) is 283 Å². The molecular formula is C47H59N11O7S2. The second-order valence-corrected chi connectivity index (χ2v) is 18.2. The second kappa shape index (κ2) is 25.6. The number of likely N-dealkylation sites (N-methyl/N-ethyl adjacent to an activating group) is 1. The fraction of sp³-hybridized carbons (Fsp3) is 0.404. The molecule has 4 aromatic rings. The van der Waals surface area contributed by atoms with Gasteiger partial charge in [0.05, 0.1) is 17.3 Å². The van der Waals surface area contributed by atoms with E-state index in [0.29, 0.717) is 45.3 Å². The largest absolute Gasteiger partial charge is 0.492 e. The second-order valence-electron chi connectivity index (χ2n) is 15.7. The van der Waals surface area contributed by atoms with Gasteiger partial charge in [0.1, 0.15) is 55.4 Å². The van der Waals surface area contributed by atoms with Crippen molar-refractivity contribution in [2.24, 2.45) is 17.2 Å². The number of nitrogens with one attached hydrogen (secondary N) is 4. The van der Waals surface area contributed by atoms with Crippen LogP contribution in [0, 0.1) is 18.3 Å². The van der Waals surface area contributed by atoms with E-state index in [1.807, 2.05) is 30.3 Å². The van der Waals surface area contributed by atoms with Crippen LogP contribution in [0.1, 0.15) is 66.3 Å². The van der Waals surface area contributed by atoms with Gasteiger partial charge in [-0.3, -0.25) is 24.0 Å². The number of hydrogen-bond acceptors (Lipinski definition) is 15. The molecule has 20 heteroatoms. The molecule has 1 aliphatic heterocycles. The molecule has 67 heavy (non-hydrogen) atoms. The molecule has 18 nitrogen and oxygen atoms in total. The molecule has 356 valence electrons. The summed E-state index contributed by atoms with van der Waals surface area (Å²) in [5.74, 6) is -1.09. The fourth-order valence-electron chi connectivity index (χ4n) is 7.17. The molecule has 1 aromatic heterocycles. The van der Waals surface area contributed by atoms with E-state index in [0.717, 1.165) is 29.1 Å². The summed E-state index contributed by atoms with van der Waals surface area (Å²) in [7, 11) is 4.93. The maximum atomic E-state index is 14.7. The molecule has 0 aliphatic carbocycles. The van der Waals surface area contributed by atoms with Gasteiger partial charge in [-0.15, -0.1) is 0 Å². The summed E-state index contributed by atoms with van der Waals surface area (Å²) >= 11 is 0. The Kier molecular flexibility index (Phi) is 19.8. The average molecular weight is 954 g/mol. The van der Waals surface area contributed by atoms with Crippen molar-refractivity contribution in [1.29, 1.82) is 5.26 Å². The number of aromatic nitrogens is 2. The predicted molar refractivity (Wildman–Crippen MR) is 259 cm³/mol. The minimum Gasteiger partial charge on any atom is -0.492 e. The Balaban J connectivity index is 1.51. The Bertz CT molecular complexity index is 2420. The van der Waals surface area contributed by atoms with Crippen molar-refractivity contribution in [3.8, 4) is 40.1 Å². The van der Waals surface area contributed by atoms with Gasteiger partial charge in [0.15, 0.2) is 5.82 Å². The van der Waals surface area contributed by atoms with Crippen LogP contribution >= 0.6 is 21.6 Å². The molecular weight excluding hydrogens is 895 g/mol. The highest BCUT2D eigenvalue weighted by atomic mass is 33.1. The SMILES string of the molecule is CCCCSSc1ccc(-c2ncc(C(=O)N[C@@H](CCN)C(=O)N(C)[C@@H]3C(=O)N[C@@H](C)C(=O)N[C@H](C(=O)NCC#N)Cc4ccc(OCCN)c(c4)-c4cc3ccc4OCCN)c(C)n2)cc1. The monoisotopic (exact) mass is 953 g/mol. The fourth-order valence-corrected chi connectivity index (χ4v) is 9.39. The lowest BCUT2D eigenvalue weighted by Crippen LogP contribution is -2.56. The number of carbonyl (C=O) groups excluding carboxylic acids is 5. The van der Waals surface area contributed by atoms with Crippen LogP contribution in [-0.2, 0) is 25.6 Å². The smallest absolute Gasteiger partial charge is 0.255 e. The number of nitrogens with two attached hydrogens (primary N) is 3. The molecule has 4 bridgehead atoms. The van der Waals surface area contributed by atoms with Gasteiger partial charge < -0.3 is 52.8 Å². The molecule has 0 saturated carbocycles. The summed E-state index contributed by atoms with van der Waals surface area (Å²) in [5, 5.41) is 19.9. The van der Waals surface area contributed by atoms with Crippen LogP contribution < -0.4 is 47.9 Å². The molecule has 0 spiro atoms. The standard InChI is InChI=1S/C47H59N11O7S2/c1-5-6-23-66-67-33-11-8-31(9-12-33)42-53-27-36(28(2)54-42)44(60)56-37(15-16-48)47(63)58(4)41-32-10-14-40(65-22-19-51)35(26-32)34-24-30(7-13-39(34)64-21-18-50)25-38(45(61)52-20-17-49)57-43(59)29(3)55-46(41)62/h7-14,24,26-27,29,37-38,41H,5-6,15-16,18-23,25,48,50-51H2,1-4H3,(H,52,61)(H,55,62)(H,56,60)(H,57,59)/t29-,37-,38-,41-/m0/s1. The van der Waals surface area contributed by atoms with Gasteiger partial charge in [0.2, 0.25) is 23.6 Å². The van der Waals surface area contributed by atoms with E-state index in [1.54, 1.807) is 64.9 Å². The highest BCUT2D eigenvalue weighted by molar-refractivity contribution is 8.76. The molecule has 10 N–H and O–H groups in total. The first-order valence-corrected chi connectivity index (χ1v) is 24.3. The first-order chi connectivity index (χ1) is 32.3. The van der Waals surface area contributed by atoms with Crippen LogP contribution in [0.4, 0.5) is 0 Å². The normalized spacial score (nSPS) is 16.3. The number of nitriles is 1. The maximum absolute atomic E-state index is 14.7. The van der Waals surface area contributed by atoms with E-state index >= 15 is 0 Å². The van der Waals surface area contributed by atoms with E-state index in [2.05, 4.69) is 38.2 Å². The summed E-state index contributed by atoms with van der Waals surface area (Å²) in [5.41, 5.74) is 20.9. The summed E-state index contributed by atoms with van der Waals surface area (Å²) in [6.07, 6.45) is 3.71. The van der Waals surface area contributed by atoms with Crippen LogP contribution in [0.3, 0.4) is 0 Å². The molecule has 0 radical (unpaired) electrons. The third kappa shape index (κ3) is 13.9. The third-order valence-corrected chi connectivity index (χ3v) is 13.2. The Labute approximate surface area is 398 Å². The molecule has 2 heterocycles. The van der Waals surface area contributed by atoms with Crippen molar-refractivity contribution in [2.75, 3.05) is 52.2 Å². The van der Waals surface area contributed by atoms with Crippen LogP contribution in [0.5, 0.6) is 11.5 Å². The predicted octanol–water partition coefficient (Wildman–Crippen LogP) is 3.17. The van der Waals surface area contributed by atoms with Gasteiger partial charge in [0.25, 0.3) is 5.91 Å². The van der Waals surface area contributed by atoms with Crippen LogP contribution in [0.2, 0.25) is 0 Å². The van der Waals surface area contributed by atoms with Gasteiger partial charge in [-0.2, -0.15) is 5.26 Å². The number of benzene rings is 3. The Morgan fingerprint density at radius 1 is 0.955 bits per heavy atom. The van der Waals surface area contributed by atoms with Crippen molar-refractivity contribution in [3.63, 3.8) is 0 Å². The van der Waals surface area contributed by atoms with E-state index in [4.69, 9.17) is 31.9 Å². The molecule has 3 aromatic carbocycles. The zero-order valence-electron chi connectivity index (χ0n) is 38.1. The quantitative estimate of drug-likeness (QED) is 0.0381. The Hall–Kier alpha value is -6.24. The molecule has 5 rings (SSSR count). The third-order valence-electron chi connectivity index (χ3n) is 10.7. The lowest BCUT2D eigenvalue weighted by Gasteiger charge is -2.32. The number of ether oxygens (including phenoxy) is 2. The number of hydrogen-bond donors (Lipinski definition) is 7. The van der Waals surface area contributed by atoms with E-state index in [1.165, 1.54) is 25.1 Å². The number of aryl methyl sites for hydroxylation is 1. The molecule has 5 amide bonds. The molecule has 4 atom stereocenters.